The number of piperidine rings is 1. The number of halogens is 3. The number of nitrogens with zero attached hydrogens (tertiary/aromatic N) is 7. The van der Waals surface area contributed by atoms with Gasteiger partial charge in [-0.15, -0.1) is 0 Å². The molecule has 1 aliphatic heterocycles. The average Bonchev–Trinajstić information content (AvgIpc) is 3.82. The van der Waals surface area contributed by atoms with E-state index in [0.717, 1.165) is 18.9 Å². The lowest BCUT2D eigenvalue weighted by atomic mass is 9.96. The van der Waals surface area contributed by atoms with Crippen molar-refractivity contribution in [3.63, 3.8) is 0 Å². The molecule has 0 aliphatic carbocycles. The summed E-state index contributed by atoms with van der Waals surface area (Å²) in [5.41, 5.74) is 0.644. The minimum Gasteiger partial charge on any atom is -0.344 e. The van der Waals surface area contributed by atoms with Crippen LogP contribution in [0.15, 0.2) is 60.0 Å². The summed E-state index contributed by atoms with van der Waals surface area (Å²) in [4.78, 5) is 42.7. The number of fused-ring (bicyclic) bond motifs is 1. The molecule has 1 atom stereocenters. The van der Waals surface area contributed by atoms with Crippen molar-refractivity contribution in [2.45, 2.75) is 57.8 Å². The van der Waals surface area contributed by atoms with E-state index in [2.05, 4.69) is 37.1 Å². The van der Waals surface area contributed by atoms with Crippen LogP contribution in [0.4, 0.5) is 13.2 Å². The van der Waals surface area contributed by atoms with Gasteiger partial charge in [-0.1, -0.05) is 44.6 Å². The van der Waals surface area contributed by atoms with Gasteiger partial charge in [0.15, 0.2) is 11.5 Å². The van der Waals surface area contributed by atoms with Gasteiger partial charge in [0.05, 0.1) is 23.4 Å². The molecule has 0 spiro atoms. The lowest BCUT2D eigenvalue weighted by molar-refractivity contribution is -0.138. The van der Waals surface area contributed by atoms with Crippen molar-refractivity contribution >= 4 is 23.0 Å². The molecule has 1 saturated heterocycles. The molecule has 244 valence electrons. The number of rotatable bonds is 7. The van der Waals surface area contributed by atoms with Crippen LogP contribution in [-0.4, -0.2) is 64.7 Å². The highest BCUT2D eigenvalue weighted by molar-refractivity contribution is 5.92. The highest BCUT2D eigenvalue weighted by atomic mass is 19.4. The number of alkyl halides is 3. The molecule has 12 nitrogen and oxygen atoms in total. The number of likely N-dealkylation sites (tertiary alicyclic amines) is 1. The number of aromatic amines is 1. The predicted octanol–water partition coefficient (Wildman–Crippen LogP) is 5.47. The van der Waals surface area contributed by atoms with E-state index >= 15 is 0 Å². The van der Waals surface area contributed by atoms with Crippen molar-refractivity contribution in [2.24, 2.45) is 0 Å². The predicted molar refractivity (Wildman–Crippen MR) is 165 cm³/mol. The van der Waals surface area contributed by atoms with E-state index in [0.29, 0.717) is 47.0 Å². The molecule has 5 heterocycles. The maximum atomic E-state index is 14.3. The summed E-state index contributed by atoms with van der Waals surface area (Å²) in [7, 11) is 0. The lowest BCUT2D eigenvalue weighted by Crippen LogP contribution is -2.39. The van der Waals surface area contributed by atoms with Crippen LogP contribution in [0, 0.1) is 0 Å². The zero-order chi connectivity index (χ0) is 33.5. The van der Waals surface area contributed by atoms with Gasteiger partial charge in [-0.05, 0) is 42.2 Å². The van der Waals surface area contributed by atoms with Gasteiger partial charge >= 0.3 is 18.0 Å². The molecule has 6 rings (SSSR count). The Labute approximate surface area is 267 Å². The molecular weight excluding hydrogens is 615 g/mol. The number of carbonyl (C=O) groups is 2. The molecule has 1 aromatic carbocycles. The summed E-state index contributed by atoms with van der Waals surface area (Å²) in [6, 6.07) is 5.48. The van der Waals surface area contributed by atoms with E-state index in [-0.39, 0.29) is 29.0 Å². The van der Waals surface area contributed by atoms with Crippen LogP contribution in [0.5, 0.6) is 0 Å². The van der Waals surface area contributed by atoms with Crippen LogP contribution in [0.25, 0.3) is 33.7 Å². The number of aromatic nitrogens is 7. The summed E-state index contributed by atoms with van der Waals surface area (Å²) in [6.07, 6.45) is 3.25. The summed E-state index contributed by atoms with van der Waals surface area (Å²) in [5, 5.41) is 10.7. The first-order chi connectivity index (χ1) is 22.3. The first kappa shape index (κ1) is 31.6. The molecule has 1 fully saturated rings. The second-order valence-corrected chi connectivity index (χ2v) is 12.4. The van der Waals surface area contributed by atoms with Gasteiger partial charge in [-0.25, -0.2) is 9.97 Å². The van der Waals surface area contributed by atoms with Crippen molar-refractivity contribution in [1.29, 1.82) is 0 Å². The Morgan fingerprint density at radius 2 is 1.98 bits per heavy atom. The number of benzene rings is 1. The maximum absolute atomic E-state index is 14.3. The molecule has 2 N–H and O–H groups in total. The Morgan fingerprint density at radius 3 is 2.70 bits per heavy atom. The second kappa shape index (κ2) is 12.1. The summed E-state index contributed by atoms with van der Waals surface area (Å²) < 4.78 is 49.7. The normalized spacial score (nSPS) is 15.6. The van der Waals surface area contributed by atoms with Gasteiger partial charge in [0.25, 0.3) is 0 Å². The molecule has 1 unspecified atom stereocenters. The average molecular weight is 648 g/mol. The molecule has 5 aromatic rings. The van der Waals surface area contributed by atoms with E-state index < -0.39 is 29.6 Å². The fraction of sp³-hybridized carbons (Fsp3) is 0.344. The molecular formula is C32H32F3N9O3. The molecule has 4 aromatic heterocycles. The zero-order valence-electron chi connectivity index (χ0n) is 25.9. The third kappa shape index (κ3) is 6.50. The summed E-state index contributed by atoms with van der Waals surface area (Å²) in [6.45, 7) is 9.85. The Hall–Kier alpha value is -5.34. The standard InChI is InChI=1S/C32H32F3N9O3/c1-5-24(45)43-12-6-7-21(17-43)44-16-20(15-38-44)26-39-25-22(10-11-36-27(25)40-26)18-8-9-19(23(13-18)32(33,34)35)14-37-28(46)29-41-30(42-47-29)31(2,3)4/h5,8-11,13,15-16,21H,1,6-7,12,14,17H2,2-4H3,(H,37,46)(H,36,39,40). The first-order valence-electron chi connectivity index (χ1n) is 15.0. The van der Waals surface area contributed by atoms with Gasteiger partial charge in [-0.2, -0.15) is 23.3 Å². The number of hydrogen-bond acceptors (Lipinski definition) is 8. The molecule has 15 heteroatoms. The van der Waals surface area contributed by atoms with Crippen LogP contribution in [0.1, 0.15) is 67.3 Å². The van der Waals surface area contributed by atoms with Crippen molar-refractivity contribution in [2.75, 3.05) is 13.1 Å². The van der Waals surface area contributed by atoms with E-state index in [9.17, 15) is 22.8 Å². The number of hydrogen-bond donors (Lipinski definition) is 2. The molecule has 1 aliphatic rings. The van der Waals surface area contributed by atoms with Crippen molar-refractivity contribution < 1.29 is 27.3 Å². The van der Waals surface area contributed by atoms with Crippen LogP contribution in [0.2, 0.25) is 0 Å². The van der Waals surface area contributed by atoms with E-state index in [1.54, 1.807) is 27.9 Å². The molecule has 0 bridgehead atoms. The van der Waals surface area contributed by atoms with E-state index in [1.807, 2.05) is 27.0 Å². The minimum absolute atomic E-state index is 0.0171. The van der Waals surface area contributed by atoms with Gasteiger partial charge in [0.2, 0.25) is 5.91 Å². The van der Waals surface area contributed by atoms with Crippen LogP contribution in [-0.2, 0) is 22.9 Å². The smallest absolute Gasteiger partial charge is 0.344 e. The summed E-state index contributed by atoms with van der Waals surface area (Å²) in [5.74, 6) is -0.475. The Morgan fingerprint density at radius 1 is 1.17 bits per heavy atom. The highest BCUT2D eigenvalue weighted by Gasteiger charge is 2.34. The van der Waals surface area contributed by atoms with Crippen LogP contribution < -0.4 is 5.32 Å². The van der Waals surface area contributed by atoms with Gasteiger partial charge < -0.3 is 19.7 Å². The Bertz CT molecular complexity index is 1970. The third-order valence-electron chi connectivity index (χ3n) is 7.97. The second-order valence-electron chi connectivity index (χ2n) is 12.4. The highest BCUT2D eigenvalue weighted by Crippen LogP contribution is 2.37. The number of imidazole rings is 1. The van der Waals surface area contributed by atoms with Crippen molar-refractivity contribution in [3.8, 4) is 22.5 Å². The third-order valence-corrected chi connectivity index (χ3v) is 7.97. The quantitative estimate of drug-likeness (QED) is 0.221. The lowest BCUT2D eigenvalue weighted by Gasteiger charge is -2.32. The number of carbonyl (C=O) groups excluding carboxylic acids is 2. The largest absolute Gasteiger partial charge is 0.416 e. The molecule has 0 radical (unpaired) electrons. The van der Waals surface area contributed by atoms with Crippen LogP contribution in [0.3, 0.4) is 0 Å². The Kier molecular flexibility index (Phi) is 8.15. The van der Waals surface area contributed by atoms with Crippen molar-refractivity contribution in [3.05, 3.63) is 78.4 Å². The van der Waals surface area contributed by atoms with Gasteiger partial charge in [0.1, 0.15) is 11.3 Å². The molecule has 0 saturated carbocycles. The topological polar surface area (TPSA) is 148 Å². The molecule has 2 amide bonds. The number of amides is 2. The van der Waals surface area contributed by atoms with E-state index in [1.165, 1.54) is 18.3 Å². The van der Waals surface area contributed by atoms with Gasteiger partial charge in [0, 0.05) is 43.0 Å². The first-order valence-corrected chi connectivity index (χ1v) is 15.0. The fourth-order valence-corrected chi connectivity index (χ4v) is 5.47. The number of nitrogens with one attached hydrogen (secondary N) is 2. The Balaban J connectivity index is 1.25. The van der Waals surface area contributed by atoms with Crippen LogP contribution >= 0.6 is 0 Å². The fourth-order valence-electron chi connectivity index (χ4n) is 5.47. The monoisotopic (exact) mass is 647 g/mol. The minimum atomic E-state index is -4.71. The molecule has 47 heavy (non-hydrogen) atoms. The van der Waals surface area contributed by atoms with E-state index in [4.69, 9.17) is 9.51 Å². The SMILES string of the molecule is C=CC(=O)N1CCCC(n2cc(-c3nc4c(-c5ccc(CNC(=O)c6nc(C(C)(C)C)no6)c(C(F)(F)F)c5)ccnc4[nH]3)cn2)C1. The zero-order valence-corrected chi connectivity index (χ0v) is 25.9. The maximum Gasteiger partial charge on any atom is 0.416 e. The van der Waals surface area contributed by atoms with Gasteiger partial charge in [-0.3, -0.25) is 14.3 Å². The van der Waals surface area contributed by atoms with Crippen molar-refractivity contribution in [1.82, 2.24) is 45.1 Å². The summed E-state index contributed by atoms with van der Waals surface area (Å²) >= 11 is 0. The number of pyridine rings is 1. The number of H-pyrrole nitrogens is 1.